The molecule has 1 atom stereocenters. The number of carbonyl (C=O) groups excluding carboxylic acids is 1. The van der Waals surface area contributed by atoms with Crippen molar-refractivity contribution in [2.24, 2.45) is 0 Å². The highest BCUT2D eigenvalue weighted by molar-refractivity contribution is 6.65. The van der Waals surface area contributed by atoms with Crippen LogP contribution in [0.3, 0.4) is 0 Å². The Kier molecular flexibility index (Phi) is 2.95. The van der Waals surface area contributed by atoms with Crippen molar-refractivity contribution in [3.8, 4) is 0 Å². The maximum Gasteiger partial charge on any atom is 0.322 e. The van der Waals surface area contributed by atoms with Gasteiger partial charge < -0.3 is 5.11 Å². The van der Waals surface area contributed by atoms with Gasteiger partial charge in [0.2, 0.25) is 0 Å². The predicted molar refractivity (Wildman–Crippen MR) is 51.0 cm³/mol. The third-order valence-electron chi connectivity index (χ3n) is 2.14. The zero-order valence-corrected chi connectivity index (χ0v) is 8.38. The number of rotatable bonds is 3. The van der Waals surface area contributed by atoms with E-state index in [1.165, 1.54) is 0 Å². The lowest BCUT2D eigenvalue weighted by Gasteiger charge is -2.18. The molecule has 1 N–H and O–H groups in total. The molecule has 1 unspecified atom stereocenters. The van der Waals surface area contributed by atoms with Crippen molar-refractivity contribution in [1.82, 2.24) is 0 Å². The van der Waals surface area contributed by atoms with Crippen LogP contribution in [0.5, 0.6) is 0 Å². The molecule has 0 aliphatic heterocycles. The summed E-state index contributed by atoms with van der Waals surface area (Å²) in [6.45, 7) is 0. The topological polar surface area (TPSA) is 124 Å². The molecule has 0 aromatic heterocycles. The number of nitro groups is 2. The summed E-state index contributed by atoms with van der Waals surface area (Å²) >= 11 is 5.07. The number of carbonyl (C=O) groups is 1. The van der Waals surface area contributed by atoms with Gasteiger partial charge in [-0.2, -0.15) is 0 Å². The average molecular weight is 249 g/mol. The maximum absolute atomic E-state index is 11.0. The van der Waals surface area contributed by atoms with Crippen LogP contribution in [0.25, 0.3) is 0 Å². The third kappa shape index (κ3) is 1.74. The number of hydrogen-bond acceptors (Lipinski definition) is 6. The first kappa shape index (κ1) is 12.1. The molecule has 0 amide bonds. The molecule has 0 saturated heterocycles. The minimum atomic E-state index is -2.38. The van der Waals surface area contributed by atoms with Gasteiger partial charge in [-0.25, -0.2) is 0 Å². The van der Waals surface area contributed by atoms with Gasteiger partial charge in [-0.15, -0.1) is 0 Å². The van der Waals surface area contributed by atoms with Crippen LogP contribution in [-0.2, 0) is 4.79 Å². The van der Waals surface area contributed by atoms with Crippen LogP contribution >= 0.6 is 11.6 Å². The van der Waals surface area contributed by atoms with Crippen LogP contribution in [0, 0.1) is 20.2 Å². The van der Waals surface area contributed by atoms with Crippen molar-refractivity contribution in [2.75, 3.05) is 0 Å². The van der Waals surface area contributed by atoms with E-state index in [9.17, 15) is 25.0 Å². The smallest absolute Gasteiger partial charge is 0.322 e. The second kappa shape index (κ2) is 3.89. The SMILES string of the molecule is O=C(Cl)C1([N+](=O)[O-])C=CC(O)=C([N+](=O)[O-])C1. The Morgan fingerprint density at radius 2 is 2.06 bits per heavy atom. The molecule has 0 heterocycles. The lowest BCUT2D eigenvalue weighted by atomic mass is 9.90. The van der Waals surface area contributed by atoms with Crippen molar-refractivity contribution in [1.29, 1.82) is 0 Å². The van der Waals surface area contributed by atoms with Gasteiger partial charge in [0.15, 0.2) is 5.76 Å². The molecule has 1 aliphatic carbocycles. The Morgan fingerprint density at radius 3 is 2.44 bits per heavy atom. The molecule has 0 aromatic carbocycles. The first-order valence-corrected chi connectivity index (χ1v) is 4.29. The molecule has 9 heteroatoms. The fourth-order valence-electron chi connectivity index (χ4n) is 1.21. The predicted octanol–water partition coefficient (Wildman–Crippen LogP) is 0.773. The van der Waals surface area contributed by atoms with E-state index in [1.54, 1.807) is 0 Å². The highest BCUT2D eigenvalue weighted by Gasteiger charge is 2.53. The van der Waals surface area contributed by atoms with Crippen molar-refractivity contribution in [3.63, 3.8) is 0 Å². The van der Waals surface area contributed by atoms with E-state index in [2.05, 4.69) is 0 Å². The van der Waals surface area contributed by atoms with Crippen LogP contribution in [-0.4, -0.2) is 25.7 Å². The van der Waals surface area contributed by atoms with E-state index in [0.717, 1.165) is 12.2 Å². The molecule has 0 spiro atoms. The van der Waals surface area contributed by atoms with Crippen LogP contribution in [0.15, 0.2) is 23.6 Å². The Hall–Kier alpha value is -1.96. The summed E-state index contributed by atoms with van der Waals surface area (Å²) in [6, 6.07) is 0. The summed E-state index contributed by atoms with van der Waals surface area (Å²) in [4.78, 5) is 30.2. The van der Waals surface area contributed by atoms with Crippen molar-refractivity contribution in [2.45, 2.75) is 12.0 Å². The van der Waals surface area contributed by atoms with E-state index >= 15 is 0 Å². The first-order chi connectivity index (χ1) is 7.31. The highest BCUT2D eigenvalue weighted by Crippen LogP contribution is 2.31. The standard InChI is InChI=1S/C7H5ClN2O6/c8-6(12)7(10(15)16)2-1-5(11)4(3-7)9(13)14/h1-2,11H,3H2. The second-order valence-electron chi connectivity index (χ2n) is 3.05. The Balaban J connectivity index is 3.26. The molecule has 1 aliphatic rings. The third-order valence-corrected chi connectivity index (χ3v) is 2.46. The zero-order chi connectivity index (χ0) is 12.5. The van der Waals surface area contributed by atoms with Gasteiger partial charge in [0.05, 0.1) is 4.92 Å². The first-order valence-electron chi connectivity index (χ1n) is 3.91. The van der Waals surface area contributed by atoms with Gasteiger partial charge in [-0.1, -0.05) is 0 Å². The largest absolute Gasteiger partial charge is 0.502 e. The molecule has 8 nitrogen and oxygen atoms in total. The van der Waals surface area contributed by atoms with E-state index in [4.69, 9.17) is 16.7 Å². The number of halogens is 1. The summed E-state index contributed by atoms with van der Waals surface area (Å²) in [5.74, 6) is -0.722. The fraction of sp³-hybridized carbons (Fsp3) is 0.286. The Bertz CT molecular complexity index is 426. The number of hydrogen-bond donors (Lipinski definition) is 1. The van der Waals surface area contributed by atoms with Crippen LogP contribution in [0.1, 0.15) is 6.42 Å². The number of aliphatic hydroxyl groups is 1. The number of nitrogens with zero attached hydrogens (tertiary/aromatic N) is 2. The number of allylic oxidation sites excluding steroid dienone is 1. The summed E-state index contributed by atoms with van der Waals surface area (Å²) in [7, 11) is 0. The van der Waals surface area contributed by atoms with Gasteiger partial charge in [0.25, 0.3) is 5.70 Å². The Labute approximate surface area is 93.1 Å². The molecule has 86 valence electrons. The fourth-order valence-corrected chi connectivity index (χ4v) is 1.41. The van der Waals surface area contributed by atoms with Crippen molar-refractivity contribution in [3.05, 3.63) is 43.8 Å². The van der Waals surface area contributed by atoms with Crippen LogP contribution < -0.4 is 0 Å². The lowest BCUT2D eigenvalue weighted by molar-refractivity contribution is -0.544. The quantitative estimate of drug-likeness (QED) is 0.447. The summed E-state index contributed by atoms with van der Waals surface area (Å²) in [5.41, 5.74) is -3.19. The maximum atomic E-state index is 11.0. The zero-order valence-electron chi connectivity index (χ0n) is 7.62. The van der Waals surface area contributed by atoms with Crippen molar-refractivity contribution >= 4 is 16.8 Å². The molecule has 0 radical (unpaired) electrons. The van der Waals surface area contributed by atoms with Gasteiger partial charge in [-0.05, 0) is 17.7 Å². The van der Waals surface area contributed by atoms with Gasteiger partial charge in [-0.3, -0.25) is 25.0 Å². The van der Waals surface area contributed by atoms with Crippen LogP contribution in [0.2, 0.25) is 0 Å². The molecular weight excluding hydrogens is 244 g/mol. The van der Waals surface area contributed by atoms with Crippen LogP contribution in [0.4, 0.5) is 0 Å². The summed E-state index contributed by atoms with van der Waals surface area (Å²) in [6.07, 6.45) is 0.590. The van der Waals surface area contributed by atoms with E-state index in [-0.39, 0.29) is 0 Å². The van der Waals surface area contributed by atoms with Crippen molar-refractivity contribution < 1.29 is 19.7 Å². The van der Waals surface area contributed by atoms with Gasteiger partial charge >= 0.3 is 10.8 Å². The molecule has 0 saturated carbocycles. The molecular formula is C7H5ClN2O6. The minimum absolute atomic E-state index is 0.722. The molecule has 1 rings (SSSR count). The van der Waals surface area contributed by atoms with E-state index in [0.29, 0.717) is 0 Å². The molecule has 0 aromatic rings. The molecule has 0 fully saturated rings. The molecule has 0 bridgehead atoms. The second-order valence-corrected chi connectivity index (χ2v) is 3.40. The lowest BCUT2D eigenvalue weighted by Crippen LogP contribution is -2.44. The average Bonchev–Trinajstić information content (AvgIpc) is 2.17. The number of aliphatic hydroxyl groups excluding tert-OH is 1. The summed E-state index contributed by atoms with van der Waals surface area (Å²) in [5, 5.41) is 29.0. The monoisotopic (exact) mass is 248 g/mol. The van der Waals surface area contributed by atoms with Gasteiger partial charge in [0.1, 0.15) is 6.42 Å². The van der Waals surface area contributed by atoms with E-state index in [1.807, 2.05) is 0 Å². The van der Waals surface area contributed by atoms with Gasteiger partial charge in [0, 0.05) is 11.0 Å². The normalized spacial score (nSPS) is 24.3. The minimum Gasteiger partial charge on any atom is -0.502 e. The van der Waals surface area contributed by atoms with E-state index < -0.39 is 38.5 Å². The molecule has 16 heavy (non-hydrogen) atoms. The Morgan fingerprint density at radius 1 is 1.50 bits per heavy atom. The highest BCUT2D eigenvalue weighted by atomic mass is 35.5. The summed E-state index contributed by atoms with van der Waals surface area (Å²) < 4.78 is 0.